The van der Waals surface area contributed by atoms with E-state index in [4.69, 9.17) is 9.47 Å². The summed E-state index contributed by atoms with van der Waals surface area (Å²) in [6.45, 7) is 2.90. The van der Waals surface area contributed by atoms with E-state index in [2.05, 4.69) is 19.1 Å². The number of aryl methyl sites for hydroxylation is 1. The van der Waals surface area contributed by atoms with E-state index in [-0.39, 0.29) is 26.6 Å². The fourth-order valence-electron chi connectivity index (χ4n) is 1.57. The third-order valence-electron chi connectivity index (χ3n) is 2.43. The number of hydrogen-bond donors (Lipinski definition) is 0. The van der Waals surface area contributed by atoms with Crippen molar-refractivity contribution >= 4 is 0 Å². The van der Waals surface area contributed by atoms with Gasteiger partial charge in [0, 0.05) is 6.42 Å². The molecule has 2 nitrogen and oxygen atoms in total. The van der Waals surface area contributed by atoms with Crippen molar-refractivity contribution in [2.75, 3.05) is 6.61 Å². The molecule has 1 saturated heterocycles. The van der Waals surface area contributed by atoms with Crippen molar-refractivity contribution in [3.05, 3.63) is 29.8 Å². The second kappa shape index (κ2) is 6.22. The summed E-state index contributed by atoms with van der Waals surface area (Å²) < 4.78 is 11.2. The minimum absolute atomic E-state index is 0. The van der Waals surface area contributed by atoms with Crippen LogP contribution in [0.15, 0.2) is 24.3 Å². The third kappa shape index (κ3) is 3.91. The van der Waals surface area contributed by atoms with Crippen LogP contribution < -0.4 is 23.6 Å². The van der Waals surface area contributed by atoms with Crippen molar-refractivity contribution < 1.29 is 29.8 Å². The molecule has 78 valence electrons. The Bertz CT molecular complexity index is 284. The molecule has 0 bridgehead atoms. The van der Waals surface area contributed by atoms with E-state index >= 15 is 0 Å². The van der Waals surface area contributed by atoms with Crippen LogP contribution in [0.4, 0.5) is 0 Å². The summed E-state index contributed by atoms with van der Waals surface area (Å²) in [7, 11) is 0. The molecule has 0 amide bonds. The molecule has 0 saturated carbocycles. The second-order valence-corrected chi connectivity index (χ2v) is 3.73. The van der Waals surface area contributed by atoms with Crippen LogP contribution in [0.3, 0.4) is 0 Å². The molecular weight excluding hydrogens is 183 g/mol. The van der Waals surface area contributed by atoms with Gasteiger partial charge in [0.05, 0.1) is 6.61 Å². The summed E-state index contributed by atoms with van der Waals surface area (Å²) in [6.07, 6.45) is 3.34. The van der Waals surface area contributed by atoms with Gasteiger partial charge in [0.1, 0.15) is 5.75 Å². The fraction of sp³-hybridized carbons (Fsp3) is 0.500. The molecule has 0 spiro atoms. The molecule has 0 aromatic heterocycles. The maximum Gasteiger partial charge on any atom is 1.00 e. The molecule has 0 aliphatic carbocycles. The first-order chi connectivity index (χ1) is 6.84. The smallest absolute Gasteiger partial charge is 1.00 e. The van der Waals surface area contributed by atoms with Crippen LogP contribution in [-0.4, -0.2) is 12.9 Å². The van der Waals surface area contributed by atoms with E-state index < -0.39 is 0 Å². The standard InChI is InChI=1S/C12H16O2.Li.H/c1-10-5-7-11(8-6-10)14-12-4-2-3-9-13-12;;/h5-8,12H,2-4,9H2,1H3;;/q;+1;-1. The Morgan fingerprint density at radius 2 is 2.00 bits per heavy atom. The number of hydrogen-bond acceptors (Lipinski definition) is 2. The van der Waals surface area contributed by atoms with Crippen molar-refractivity contribution in [3.8, 4) is 5.75 Å². The van der Waals surface area contributed by atoms with Crippen molar-refractivity contribution in [2.24, 2.45) is 0 Å². The summed E-state index contributed by atoms with van der Waals surface area (Å²) in [5.41, 5.74) is 1.25. The Balaban J connectivity index is 0.00000112. The Labute approximate surface area is 105 Å². The topological polar surface area (TPSA) is 18.5 Å². The number of benzene rings is 1. The minimum Gasteiger partial charge on any atom is -1.00 e. The van der Waals surface area contributed by atoms with Gasteiger partial charge in [-0.2, -0.15) is 0 Å². The zero-order chi connectivity index (χ0) is 9.80. The molecule has 3 heteroatoms. The normalized spacial score (nSPS) is 20.5. The van der Waals surface area contributed by atoms with Gasteiger partial charge < -0.3 is 10.9 Å². The number of ether oxygens (including phenoxy) is 2. The third-order valence-corrected chi connectivity index (χ3v) is 2.43. The van der Waals surface area contributed by atoms with E-state index in [9.17, 15) is 0 Å². The Hall–Kier alpha value is -0.423. The van der Waals surface area contributed by atoms with E-state index in [1.54, 1.807) is 0 Å². The van der Waals surface area contributed by atoms with Crippen LogP contribution in [0.5, 0.6) is 5.75 Å². The summed E-state index contributed by atoms with van der Waals surface area (Å²) in [4.78, 5) is 0. The van der Waals surface area contributed by atoms with Gasteiger partial charge in [0.25, 0.3) is 0 Å². The first-order valence-corrected chi connectivity index (χ1v) is 5.19. The average molecular weight is 200 g/mol. The van der Waals surface area contributed by atoms with Crippen LogP contribution in [0.1, 0.15) is 26.3 Å². The summed E-state index contributed by atoms with van der Waals surface area (Å²) in [6, 6.07) is 8.09. The molecule has 1 aromatic carbocycles. The van der Waals surface area contributed by atoms with Crippen molar-refractivity contribution in [3.63, 3.8) is 0 Å². The van der Waals surface area contributed by atoms with Gasteiger partial charge >= 0.3 is 18.9 Å². The van der Waals surface area contributed by atoms with Crippen LogP contribution in [0.2, 0.25) is 0 Å². The molecule has 1 aliphatic rings. The van der Waals surface area contributed by atoms with Crippen molar-refractivity contribution in [1.82, 2.24) is 0 Å². The minimum atomic E-state index is -0.0357. The summed E-state index contributed by atoms with van der Waals surface area (Å²) in [5.74, 6) is 0.905. The van der Waals surface area contributed by atoms with Gasteiger partial charge in [-0.3, -0.25) is 0 Å². The predicted molar refractivity (Wildman–Crippen MR) is 56.5 cm³/mol. The molecule has 2 rings (SSSR count). The van der Waals surface area contributed by atoms with Gasteiger partial charge in [-0.1, -0.05) is 17.7 Å². The van der Waals surface area contributed by atoms with Crippen LogP contribution in [0.25, 0.3) is 0 Å². The molecule has 1 aromatic rings. The zero-order valence-corrected chi connectivity index (χ0v) is 9.53. The molecule has 0 N–H and O–H groups in total. The van der Waals surface area contributed by atoms with Crippen molar-refractivity contribution in [2.45, 2.75) is 32.5 Å². The maximum absolute atomic E-state index is 5.69. The van der Waals surface area contributed by atoms with E-state index in [1.807, 2.05) is 12.1 Å². The molecular formula is C12H17LiO2. The van der Waals surface area contributed by atoms with Crippen LogP contribution in [0, 0.1) is 6.92 Å². The predicted octanol–water partition coefficient (Wildman–Crippen LogP) is 0.0169. The second-order valence-electron chi connectivity index (χ2n) is 3.73. The van der Waals surface area contributed by atoms with E-state index in [0.29, 0.717) is 0 Å². The molecule has 1 aliphatic heterocycles. The first kappa shape index (κ1) is 12.6. The largest absolute Gasteiger partial charge is 1.00 e. The van der Waals surface area contributed by atoms with Crippen LogP contribution in [-0.2, 0) is 4.74 Å². The molecule has 0 radical (unpaired) electrons. The SMILES string of the molecule is Cc1ccc(OC2CCCCO2)cc1.[H-].[Li+]. The maximum atomic E-state index is 5.69. The summed E-state index contributed by atoms with van der Waals surface area (Å²) >= 11 is 0. The Morgan fingerprint density at radius 1 is 1.27 bits per heavy atom. The van der Waals surface area contributed by atoms with E-state index in [0.717, 1.165) is 25.2 Å². The molecule has 1 atom stereocenters. The van der Waals surface area contributed by atoms with Gasteiger partial charge in [0.2, 0.25) is 0 Å². The monoisotopic (exact) mass is 200 g/mol. The average Bonchev–Trinajstić information content (AvgIpc) is 2.23. The molecule has 15 heavy (non-hydrogen) atoms. The van der Waals surface area contributed by atoms with E-state index in [1.165, 1.54) is 12.0 Å². The van der Waals surface area contributed by atoms with Crippen molar-refractivity contribution in [1.29, 1.82) is 0 Å². The van der Waals surface area contributed by atoms with Gasteiger partial charge in [-0.25, -0.2) is 0 Å². The zero-order valence-electron chi connectivity index (χ0n) is 10.5. The van der Waals surface area contributed by atoms with Gasteiger partial charge in [0.15, 0.2) is 6.29 Å². The Morgan fingerprint density at radius 3 is 2.60 bits per heavy atom. The van der Waals surface area contributed by atoms with Gasteiger partial charge in [-0.15, -0.1) is 0 Å². The molecule has 1 fully saturated rings. The molecule has 1 heterocycles. The fourth-order valence-corrected chi connectivity index (χ4v) is 1.57. The van der Waals surface area contributed by atoms with Gasteiger partial charge in [-0.05, 0) is 31.9 Å². The molecule has 1 unspecified atom stereocenters. The Kier molecular flexibility index (Phi) is 5.25. The summed E-state index contributed by atoms with van der Waals surface area (Å²) in [5, 5.41) is 0. The quantitative estimate of drug-likeness (QED) is 0.626. The first-order valence-electron chi connectivity index (χ1n) is 5.19. The van der Waals surface area contributed by atoms with Crippen LogP contribution >= 0.6 is 0 Å². The number of rotatable bonds is 2.